The number of aromatic nitrogens is 2. The maximum absolute atomic E-state index is 11.0. The van der Waals surface area contributed by atoms with Gasteiger partial charge in [-0.15, -0.1) is 11.8 Å². The Morgan fingerprint density at radius 3 is 2.36 bits per heavy atom. The first-order valence-corrected chi connectivity index (χ1v) is 7.47. The molecule has 1 heterocycles. The van der Waals surface area contributed by atoms with Gasteiger partial charge >= 0.3 is 0 Å². The SMILES string of the molecule is CSc1cc(S(N)(=O)=O)nc(SC)n1. The van der Waals surface area contributed by atoms with Crippen molar-refractivity contribution in [1.82, 2.24) is 9.97 Å². The van der Waals surface area contributed by atoms with Gasteiger partial charge in [0.2, 0.25) is 0 Å². The molecule has 0 aliphatic heterocycles. The molecule has 1 rings (SSSR count). The minimum Gasteiger partial charge on any atom is -0.223 e. The Morgan fingerprint density at radius 2 is 1.93 bits per heavy atom. The van der Waals surface area contributed by atoms with Crippen molar-refractivity contribution in [3.05, 3.63) is 6.07 Å². The molecular formula is C6H9N3O2S3. The summed E-state index contributed by atoms with van der Waals surface area (Å²) in [6, 6.07) is 1.36. The topological polar surface area (TPSA) is 85.9 Å². The summed E-state index contributed by atoms with van der Waals surface area (Å²) in [6.07, 6.45) is 3.58. The average molecular weight is 251 g/mol. The second kappa shape index (κ2) is 4.47. The highest BCUT2D eigenvalue weighted by Crippen LogP contribution is 2.19. The second-order valence-electron chi connectivity index (χ2n) is 2.28. The molecule has 0 bridgehead atoms. The Bertz CT molecular complexity index is 410. The van der Waals surface area contributed by atoms with Crippen molar-refractivity contribution in [3.63, 3.8) is 0 Å². The zero-order valence-electron chi connectivity index (χ0n) is 7.59. The van der Waals surface area contributed by atoms with Crippen molar-refractivity contribution in [2.75, 3.05) is 12.5 Å². The summed E-state index contributed by atoms with van der Waals surface area (Å²) < 4.78 is 22.1. The van der Waals surface area contributed by atoms with E-state index in [-0.39, 0.29) is 5.03 Å². The van der Waals surface area contributed by atoms with Gasteiger partial charge in [-0.1, -0.05) is 11.8 Å². The third-order valence-electron chi connectivity index (χ3n) is 1.34. The summed E-state index contributed by atoms with van der Waals surface area (Å²) in [4.78, 5) is 7.88. The molecule has 0 aliphatic rings. The Labute approximate surface area is 90.9 Å². The van der Waals surface area contributed by atoms with Crippen LogP contribution in [0.2, 0.25) is 0 Å². The van der Waals surface area contributed by atoms with Gasteiger partial charge in [0.05, 0.1) is 0 Å². The zero-order valence-corrected chi connectivity index (χ0v) is 10.0. The summed E-state index contributed by atoms with van der Waals surface area (Å²) in [5.74, 6) is 0. The lowest BCUT2D eigenvalue weighted by atomic mass is 10.7. The van der Waals surface area contributed by atoms with E-state index < -0.39 is 10.0 Å². The first-order valence-electron chi connectivity index (χ1n) is 3.47. The molecule has 8 heteroatoms. The van der Waals surface area contributed by atoms with Gasteiger partial charge in [-0.05, 0) is 12.5 Å². The predicted octanol–water partition coefficient (Wildman–Crippen LogP) is 0.568. The molecule has 0 saturated carbocycles. The molecule has 0 atom stereocenters. The first-order chi connectivity index (χ1) is 6.47. The number of nitrogens with two attached hydrogens (primary N) is 1. The smallest absolute Gasteiger partial charge is 0.223 e. The summed E-state index contributed by atoms with van der Waals surface area (Å²) in [6.45, 7) is 0. The van der Waals surface area contributed by atoms with Gasteiger partial charge in [-0.3, -0.25) is 0 Å². The van der Waals surface area contributed by atoms with E-state index in [4.69, 9.17) is 5.14 Å². The van der Waals surface area contributed by atoms with E-state index in [0.717, 1.165) is 0 Å². The van der Waals surface area contributed by atoms with Crippen LogP contribution in [0.25, 0.3) is 0 Å². The fourth-order valence-electron chi connectivity index (χ4n) is 0.725. The van der Waals surface area contributed by atoms with E-state index in [1.165, 1.54) is 29.6 Å². The lowest BCUT2D eigenvalue weighted by Crippen LogP contribution is -2.14. The number of hydrogen-bond donors (Lipinski definition) is 1. The molecule has 2 N–H and O–H groups in total. The van der Waals surface area contributed by atoms with E-state index in [1.807, 2.05) is 0 Å². The van der Waals surface area contributed by atoms with Crippen LogP contribution in [0, 0.1) is 0 Å². The molecule has 1 aromatic rings. The number of nitrogens with zero attached hydrogens (tertiary/aromatic N) is 2. The van der Waals surface area contributed by atoms with Crippen LogP contribution < -0.4 is 5.14 Å². The monoisotopic (exact) mass is 251 g/mol. The van der Waals surface area contributed by atoms with Crippen LogP contribution in [0.3, 0.4) is 0 Å². The lowest BCUT2D eigenvalue weighted by Gasteiger charge is -2.02. The Balaban J connectivity index is 3.32. The van der Waals surface area contributed by atoms with Crippen LogP contribution >= 0.6 is 23.5 Å². The van der Waals surface area contributed by atoms with Gasteiger partial charge in [0.1, 0.15) is 5.03 Å². The van der Waals surface area contributed by atoms with Gasteiger partial charge in [-0.2, -0.15) is 0 Å². The highest BCUT2D eigenvalue weighted by Gasteiger charge is 2.13. The maximum atomic E-state index is 11.0. The highest BCUT2D eigenvalue weighted by atomic mass is 32.2. The number of primary sulfonamides is 1. The molecule has 78 valence electrons. The molecule has 0 fully saturated rings. The summed E-state index contributed by atoms with van der Waals surface area (Å²) in [7, 11) is -3.75. The van der Waals surface area contributed by atoms with Crippen LogP contribution in [0.5, 0.6) is 0 Å². The number of hydrogen-bond acceptors (Lipinski definition) is 6. The predicted molar refractivity (Wildman–Crippen MR) is 57.0 cm³/mol. The zero-order chi connectivity index (χ0) is 10.8. The molecule has 14 heavy (non-hydrogen) atoms. The molecule has 0 aliphatic carbocycles. The van der Waals surface area contributed by atoms with Gasteiger partial charge in [0, 0.05) is 6.07 Å². The lowest BCUT2D eigenvalue weighted by molar-refractivity contribution is 0.590. The van der Waals surface area contributed by atoms with E-state index in [1.54, 1.807) is 12.5 Å². The van der Waals surface area contributed by atoms with Crippen molar-refractivity contribution in [3.8, 4) is 0 Å². The fraction of sp³-hybridized carbons (Fsp3) is 0.333. The molecule has 5 nitrogen and oxygen atoms in total. The quantitative estimate of drug-likeness (QED) is 0.480. The van der Waals surface area contributed by atoms with Crippen LogP contribution in [0.1, 0.15) is 0 Å². The molecular weight excluding hydrogens is 242 g/mol. The van der Waals surface area contributed by atoms with Gasteiger partial charge < -0.3 is 0 Å². The van der Waals surface area contributed by atoms with Crippen LogP contribution in [-0.4, -0.2) is 30.9 Å². The molecule has 0 aromatic carbocycles. The largest absolute Gasteiger partial charge is 0.255 e. The van der Waals surface area contributed by atoms with Crippen molar-refractivity contribution >= 4 is 33.5 Å². The Morgan fingerprint density at radius 1 is 1.29 bits per heavy atom. The average Bonchev–Trinajstić information content (AvgIpc) is 2.15. The minimum atomic E-state index is -3.75. The van der Waals surface area contributed by atoms with E-state index in [9.17, 15) is 8.42 Å². The fourth-order valence-corrected chi connectivity index (χ4v) is 2.19. The minimum absolute atomic E-state index is 0.138. The molecule has 0 amide bonds. The van der Waals surface area contributed by atoms with Gasteiger partial charge in [-0.25, -0.2) is 23.5 Å². The molecule has 0 unspecified atom stereocenters. The standard InChI is InChI=1S/C6H9N3O2S3/c1-12-4-3-5(14(7,10)11)9-6(8-4)13-2/h3H,1-2H3,(H2,7,10,11). The first kappa shape index (κ1) is 11.8. The van der Waals surface area contributed by atoms with Crippen molar-refractivity contribution in [2.24, 2.45) is 5.14 Å². The Kier molecular flexibility index (Phi) is 3.76. The van der Waals surface area contributed by atoms with E-state index in [0.29, 0.717) is 10.2 Å². The van der Waals surface area contributed by atoms with Crippen molar-refractivity contribution in [2.45, 2.75) is 15.2 Å². The van der Waals surface area contributed by atoms with E-state index >= 15 is 0 Å². The molecule has 1 aromatic heterocycles. The third kappa shape index (κ3) is 2.84. The van der Waals surface area contributed by atoms with Crippen LogP contribution in [0.4, 0.5) is 0 Å². The van der Waals surface area contributed by atoms with Crippen molar-refractivity contribution < 1.29 is 8.42 Å². The van der Waals surface area contributed by atoms with E-state index in [2.05, 4.69) is 9.97 Å². The normalized spacial score (nSPS) is 11.6. The van der Waals surface area contributed by atoms with Crippen LogP contribution in [-0.2, 0) is 10.0 Å². The van der Waals surface area contributed by atoms with Gasteiger partial charge in [0.25, 0.3) is 10.0 Å². The Hall–Kier alpha value is -0.310. The summed E-state index contributed by atoms with van der Waals surface area (Å²) in [5.41, 5.74) is 0. The van der Waals surface area contributed by atoms with Gasteiger partial charge in [0.15, 0.2) is 10.2 Å². The number of thioether (sulfide) groups is 2. The second-order valence-corrected chi connectivity index (χ2v) is 5.39. The molecule has 0 spiro atoms. The molecule has 0 saturated heterocycles. The summed E-state index contributed by atoms with van der Waals surface area (Å²) in [5, 5.41) is 5.82. The van der Waals surface area contributed by atoms with Crippen LogP contribution in [0.15, 0.2) is 21.3 Å². The third-order valence-corrected chi connectivity index (χ3v) is 3.31. The number of rotatable bonds is 3. The summed E-state index contributed by atoms with van der Waals surface area (Å²) >= 11 is 2.62. The number of sulfonamides is 1. The maximum Gasteiger partial charge on any atom is 0.255 e. The molecule has 0 radical (unpaired) electrons. The highest BCUT2D eigenvalue weighted by molar-refractivity contribution is 7.99. The van der Waals surface area contributed by atoms with Crippen molar-refractivity contribution in [1.29, 1.82) is 0 Å².